The molecule has 1 aromatic rings. The number of carbonyl (C=O) groups excluding carboxylic acids is 3. The first-order valence-corrected chi connectivity index (χ1v) is 12.7. The number of hydrogen-bond donors (Lipinski definition) is 0. The summed E-state index contributed by atoms with van der Waals surface area (Å²) in [6.07, 6.45) is 5.20. The summed E-state index contributed by atoms with van der Waals surface area (Å²) < 4.78 is 23.8. The molecular formula is C28H32O7. The quantitative estimate of drug-likeness (QED) is 0.464. The fourth-order valence-corrected chi connectivity index (χ4v) is 9.80. The maximum absolute atomic E-state index is 14.7. The number of ketones is 2. The highest BCUT2D eigenvalue weighted by molar-refractivity contribution is 6.07. The van der Waals surface area contributed by atoms with Gasteiger partial charge < -0.3 is 18.6 Å². The van der Waals surface area contributed by atoms with Crippen molar-refractivity contribution in [3.8, 4) is 0 Å². The first kappa shape index (κ1) is 22.0. The Morgan fingerprint density at radius 3 is 2.54 bits per heavy atom. The summed E-state index contributed by atoms with van der Waals surface area (Å²) in [6, 6.07) is 2.02. The number of allylic oxidation sites excluding steroid dienone is 1. The Bertz CT molecular complexity index is 1240. The van der Waals surface area contributed by atoms with Crippen LogP contribution in [0.4, 0.5) is 0 Å². The van der Waals surface area contributed by atoms with Crippen molar-refractivity contribution in [3.63, 3.8) is 0 Å². The van der Waals surface area contributed by atoms with Gasteiger partial charge in [-0.3, -0.25) is 14.4 Å². The Morgan fingerprint density at radius 2 is 1.89 bits per heavy atom. The van der Waals surface area contributed by atoms with Crippen LogP contribution in [0.2, 0.25) is 0 Å². The number of carbonyl (C=O) groups is 3. The minimum absolute atomic E-state index is 0.0451. The van der Waals surface area contributed by atoms with Crippen molar-refractivity contribution in [2.24, 2.45) is 27.6 Å². The van der Waals surface area contributed by atoms with Gasteiger partial charge in [-0.15, -0.1) is 0 Å². The van der Waals surface area contributed by atoms with Gasteiger partial charge in [-0.1, -0.05) is 13.8 Å². The molecule has 1 spiro atoms. The van der Waals surface area contributed by atoms with Gasteiger partial charge in [0, 0.05) is 17.8 Å². The highest BCUT2D eigenvalue weighted by atomic mass is 16.6. The zero-order valence-corrected chi connectivity index (χ0v) is 21.1. The Balaban J connectivity index is 1.47. The lowest BCUT2D eigenvalue weighted by Crippen LogP contribution is -2.68. The van der Waals surface area contributed by atoms with Gasteiger partial charge in [0.1, 0.15) is 17.8 Å². The van der Waals surface area contributed by atoms with Crippen LogP contribution in [0.3, 0.4) is 0 Å². The summed E-state index contributed by atoms with van der Waals surface area (Å²) >= 11 is 0. The smallest absolute Gasteiger partial charge is 0.308 e. The molecule has 6 aliphatic rings. The summed E-state index contributed by atoms with van der Waals surface area (Å²) in [5.41, 5.74) is -1.66. The predicted octanol–water partition coefficient (Wildman–Crippen LogP) is 4.11. The Morgan fingerprint density at radius 1 is 1.14 bits per heavy atom. The molecule has 35 heavy (non-hydrogen) atoms. The van der Waals surface area contributed by atoms with E-state index < -0.39 is 33.9 Å². The third kappa shape index (κ3) is 2.10. The van der Waals surface area contributed by atoms with Gasteiger partial charge in [-0.25, -0.2) is 0 Å². The molecular weight excluding hydrogens is 448 g/mol. The number of Topliss-reactive ketones (excluding diaryl/α,β-unsaturated/α-hetero) is 2. The van der Waals surface area contributed by atoms with E-state index in [-0.39, 0.29) is 46.8 Å². The molecule has 0 amide bonds. The molecule has 0 N–H and O–H groups in total. The van der Waals surface area contributed by atoms with Crippen LogP contribution in [0.1, 0.15) is 72.3 Å². The zero-order valence-electron chi connectivity index (χ0n) is 21.1. The first-order valence-electron chi connectivity index (χ1n) is 12.7. The van der Waals surface area contributed by atoms with E-state index in [1.54, 1.807) is 6.26 Å². The molecule has 186 valence electrons. The van der Waals surface area contributed by atoms with Crippen molar-refractivity contribution in [3.05, 3.63) is 35.5 Å². The molecule has 0 bridgehead atoms. The van der Waals surface area contributed by atoms with Gasteiger partial charge in [0.2, 0.25) is 5.78 Å². The minimum atomic E-state index is -0.967. The highest BCUT2D eigenvalue weighted by Gasteiger charge is 2.89. The number of epoxide rings is 2. The summed E-state index contributed by atoms with van der Waals surface area (Å²) in [5.74, 6) is -0.636. The summed E-state index contributed by atoms with van der Waals surface area (Å²) in [4.78, 5) is 40.3. The third-order valence-corrected chi connectivity index (χ3v) is 11.2. The van der Waals surface area contributed by atoms with Crippen LogP contribution in [-0.4, -0.2) is 41.4 Å². The Kier molecular flexibility index (Phi) is 3.77. The van der Waals surface area contributed by atoms with E-state index in [0.29, 0.717) is 5.57 Å². The van der Waals surface area contributed by atoms with Crippen molar-refractivity contribution in [1.29, 1.82) is 0 Å². The topological polar surface area (TPSA) is 98.6 Å². The van der Waals surface area contributed by atoms with E-state index in [0.717, 1.165) is 24.8 Å². The molecule has 3 heterocycles. The fourth-order valence-electron chi connectivity index (χ4n) is 9.80. The normalized spacial score (nSPS) is 50.5. The molecule has 7 rings (SSSR count). The minimum Gasteiger partial charge on any atom is -0.472 e. The van der Waals surface area contributed by atoms with Crippen molar-refractivity contribution in [2.45, 2.75) is 90.6 Å². The maximum atomic E-state index is 14.7. The molecule has 9 atom stereocenters. The number of rotatable bonds is 2. The second-order valence-electron chi connectivity index (χ2n) is 12.8. The van der Waals surface area contributed by atoms with E-state index in [9.17, 15) is 14.4 Å². The van der Waals surface area contributed by atoms with Gasteiger partial charge in [0.25, 0.3) is 0 Å². The van der Waals surface area contributed by atoms with Crippen molar-refractivity contribution in [2.75, 3.05) is 0 Å². The summed E-state index contributed by atoms with van der Waals surface area (Å²) in [5, 5.41) is 0. The average Bonchev–Trinajstić information content (AvgIpc) is 3.65. The molecule has 2 aliphatic heterocycles. The average molecular weight is 481 g/mol. The van der Waals surface area contributed by atoms with Crippen LogP contribution in [0.5, 0.6) is 0 Å². The van der Waals surface area contributed by atoms with Crippen molar-refractivity contribution >= 4 is 17.5 Å². The highest BCUT2D eigenvalue weighted by Crippen LogP contribution is 2.82. The van der Waals surface area contributed by atoms with Crippen LogP contribution in [0, 0.1) is 27.6 Å². The second-order valence-corrected chi connectivity index (χ2v) is 12.8. The van der Waals surface area contributed by atoms with Crippen LogP contribution in [0.25, 0.3) is 0 Å². The van der Waals surface area contributed by atoms with Crippen molar-refractivity contribution < 1.29 is 33.0 Å². The lowest BCUT2D eigenvalue weighted by atomic mass is 9.38. The lowest BCUT2D eigenvalue weighted by molar-refractivity contribution is -0.171. The number of fused-ring (bicyclic) bond motifs is 5. The molecule has 1 aromatic heterocycles. The molecule has 5 fully saturated rings. The maximum Gasteiger partial charge on any atom is 0.308 e. The molecule has 7 heteroatoms. The molecule has 3 saturated carbocycles. The Labute approximate surface area is 204 Å². The third-order valence-electron chi connectivity index (χ3n) is 11.2. The van der Waals surface area contributed by atoms with E-state index in [1.807, 2.05) is 33.1 Å². The van der Waals surface area contributed by atoms with Crippen LogP contribution >= 0.6 is 0 Å². The molecule has 0 unspecified atom stereocenters. The number of ether oxygens (including phenoxy) is 3. The van der Waals surface area contributed by atoms with Gasteiger partial charge in [-0.2, -0.15) is 0 Å². The van der Waals surface area contributed by atoms with Gasteiger partial charge in [-0.05, 0) is 69.1 Å². The number of furan rings is 1. The van der Waals surface area contributed by atoms with Crippen molar-refractivity contribution in [1.82, 2.24) is 0 Å². The van der Waals surface area contributed by atoms with Gasteiger partial charge in [0.15, 0.2) is 11.5 Å². The lowest BCUT2D eigenvalue weighted by Gasteiger charge is -2.63. The van der Waals surface area contributed by atoms with E-state index in [1.165, 1.54) is 6.92 Å². The summed E-state index contributed by atoms with van der Waals surface area (Å²) in [7, 11) is 0. The van der Waals surface area contributed by atoms with Gasteiger partial charge in [0.05, 0.1) is 29.5 Å². The number of esters is 1. The summed E-state index contributed by atoms with van der Waals surface area (Å²) in [6.45, 7) is 11.4. The fraction of sp³-hybridized carbons (Fsp3) is 0.679. The Hall–Kier alpha value is -2.25. The molecule has 7 nitrogen and oxygen atoms in total. The second kappa shape index (κ2) is 6.00. The molecule has 2 saturated heterocycles. The zero-order chi connectivity index (χ0) is 24.9. The van der Waals surface area contributed by atoms with E-state index >= 15 is 0 Å². The van der Waals surface area contributed by atoms with Crippen LogP contribution in [0.15, 0.2) is 34.3 Å². The molecule has 4 aliphatic carbocycles. The first-order chi connectivity index (χ1) is 16.4. The van der Waals surface area contributed by atoms with E-state index in [2.05, 4.69) is 13.8 Å². The predicted molar refractivity (Wildman–Crippen MR) is 122 cm³/mol. The van der Waals surface area contributed by atoms with Crippen LogP contribution < -0.4 is 0 Å². The van der Waals surface area contributed by atoms with Crippen LogP contribution in [-0.2, 0) is 28.6 Å². The largest absolute Gasteiger partial charge is 0.472 e. The monoisotopic (exact) mass is 480 g/mol. The molecule has 0 aromatic carbocycles. The van der Waals surface area contributed by atoms with Gasteiger partial charge >= 0.3 is 5.97 Å². The molecule has 0 radical (unpaired) electrons. The standard InChI is InChI=1S/C28H32O7/c1-13(29)33-18-20-24(2,3)21(30)19-23(34-19)26(20,5)16-7-9-25(4)15(14-8-10-32-12-14)11-17-28(25,35-17)27(16,6)22(18)31/h8,10,12,15-17,19,23H,7,9,11H2,1-6H3/t15-,16+,17+,19+,23+,25-,26+,27-,28+/m0/s1. The van der Waals surface area contributed by atoms with E-state index in [4.69, 9.17) is 18.6 Å². The number of hydrogen-bond acceptors (Lipinski definition) is 7. The SMILES string of the molecule is CC(=O)OC1=C2C(C)(C)C(=O)[C@H]3O[C@H]3[C@]2(C)[C@H]2CC[C@@]3(C)[C@H](c4ccoc4)C[C@H]4O[C@]43[C@]2(C)C1=O.